The van der Waals surface area contributed by atoms with E-state index in [9.17, 15) is 34.8 Å². The van der Waals surface area contributed by atoms with Crippen LogP contribution in [0.25, 0.3) is 34.2 Å². The molecule has 3 N–H and O–H groups in total. The van der Waals surface area contributed by atoms with E-state index in [1.807, 2.05) is 50.2 Å². The van der Waals surface area contributed by atoms with Gasteiger partial charge in [-0.15, -0.1) is 17.7 Å². The number of nitrogens with zero attached hydrogens (tertiary/aromatic N) is 7. The molecule has 22 nitrogen and oxygen atoms in total. The number of pyridine rings is 6. The number of carbonyl (C=O) groups is 2. The Morgan fingerprint density at radius 1 is 0.577 bits per heavy atom. The van der Waals surface area contributed by atoms with Gasteiger partial charge in [0.15, 0.2) is 0 Å². The van der Waals surface area contributed by atoms with E-state index in [0.717, 1.165) is 33.1 Å². The van der Waals surface area contributed by atoms with Gasteiger partial charge in [-0.1, -0.05) is 6.58 Å². The summed E-state index contributed by atoms with van der Waals surface area (Å²) < 4.78 is 117. The van der Waals surface area contributed by atoms with Crippen LogP contribution < -0.4 is 0 Å². The normalized spacial score (nSPS) is 12.2. The van der Waals surface area contributed by atoms with Crippen molar-refractivity contribution in [3.05, 3.63) is 156 Å². The monoisotopic (exact) mass is 1140 g/mol. The number of aryl methyl sites for hydroxylation is 3. The first-order valence-corrected chi connectivity index (χ1v) is 26.1. The van der Waals surface area contributed by atoms with Gasteiger partial charge < -0.3 is 4.84 Å². The summed E-state index contributed by atoms with van der Waals surface area (Å²) in [6.45, 7) is 7.68. The molecular formula is C44H45N7O15RuS4+2. The summed E-state index contributed by atoms with van der Waals surface area (Å²) in [5.41, 5.74) is 8.43. The maximum absolute atomic E-state index is 11.9. The first kappa shape index (κ1) is 58.9. The van der Waals surface area contributed by atoms with E-state index in [1.165, 1.54) is 42.9 Å². The Morgan fingerprint density at radius 2 is 0.887 bits per heavy atom. The molecular weight excluding hydrogens is 1100 g/mol. The molecule has 0 aliphatic carbocycles. The Hall–Kier alpha value is -6.45. The Balaban J connectivity index is 0.000000273. The predicted molar refractivity (Wildman–Crippen MR) is 252 cm³/mol. The number of hydrogen-bond donors (Lipinski definition) is 3. The fraction of sp³-hybridized carbons (Fsp3) is 0.227. The molecule has 7 rings (SSSR count). The Labute approximate surface area is 423 Å². The van der Waals surface area contributed by atoms with Gasteiger partial charge in [0.25, 0.3) is 36.3 Å². The summed E-state index contributed by atoms with van der Waals surface area (Å²) in [6, 6.07) is 20.4. The van der Waals surface area contributed by atoms with Crippen LogP contribution in [0.3, 0.4) is 0 Å². The van der Waals surface area contributed by atoms with Crippen molar-refractivity contribution >= 4 is 52.8 Å². The van der Waals surface area contributed by atoms with Crippen molar-refractivity contribution in [3.8, 4) is 34.2 Å². The molecule has 0 bridgehead atoms. The zero-order valence-corrected chi connectivity index (χ0v) is 42.6. The smallest absolute Gasteiger partial charge is 0.334 e. The maximum atomic E-state index is 11.9. The molecule has 71 heavy (non-hydrogen) atoms. The SMILES string of the molecule is C=C1CCC(=O)N1OC(=O)CCCc1ccnc(-c2cc(C)ccn2)c1.Cc1ccnc(-c2cc(CS(=O)(=O)O)ccn2)c1.O=S(=O)(O)Cc1ccnc(-c2cc(CS(=O)(=O)O)ccn2)c1.O=S(=O)=O.[Ru+2]. The largest absolute Gasteiger partial charge is 2.00 e. The predicted octanol–water partition coefficient (Wildman–Crippen LogP) is 5.12. The minimum atomic E-state index is -4.17. The number of hydrogen-bond acceptors (Lipinski definition) is 18. The number of hydroxylamine groups is 2. The first-order chi connectivity index (χ1) is 32.8. The van der Waals surface area contributed by atoms with E-state index in [1.54, 1.807) is 30.7 Å². The second-order valence-electron chi connectivity index (χ2n) is 15.1. The second kappa shape index (κ2) is 27.2. The summed E-state index contributed by atoms with van der Waals surface area (Å²) >= 11 is 0. The zero-order valence-electron chi connectivity index (χ0n) is 37.6. The topological polar surface area (TPSA) is 338 Å². The van der Waals surface area contributed by atoms with E-state index < -0.39 is 64.2 Å². The Morgan fingerprint density at radius 3 is 1.20 bits per heavy atom. The summed E-state index contributed by atoms with van der Waals surface area (Å²) in [5.74, 6) is -2.18. The van der Waals surface area contributed by atoms with Crippen LogP contribution in [0.2, 0.25) is 0 Å². The molecule has 0 radical (unpaired) electrons. The molecule has 6 aromatic heterocycles. The van der Waals surface area contributed by atoms with Crippen molar-refractivity contribution in [2.45, 2.75) is 63.2 Å². The molecule has 1 aliphatic rings. The van der Waals surface area contributed by atoms with Crippen LogP contribution in [0.15, 0.2) is 122 Å². The molecule has 1 saturated heterocycles. The van der Waals surface area contributed by atoms with Crippen LogP contribution in [0.4, 0.5) is 0 Å². The van der Waals surface area contributed by atoms with E-state index in [4.69, 9.17) is 31.1 Å². The quantitative estimate of drug-likeness (QED) is 0.0940. The third kappa shape index (κ3) is 22.5. The zero-order chi connectivity index (χ0) is 51.6. The minimum absolute atomic E-state index is 0. The van der Waals surface area contributed by atoms with Crippen molar-refractivity contribution in [3.63, 3.8) is 0 Å². The summed E-state index contributed by atoms with van der Waals surface area (Å²) in [6.07, 6.45) is 11.8. The van der Waals surface area contributed by atoms with Gasteiger partial charge in [0.05, 0.1) is 39.9 Å². The third-order valence-electron chi connectivity index (χ3n) is 9.14. The molecule has 0 aromatic carbocycles. The van der Waals surface area contributed by atoms with Crippen molar-refractivity contribution in [1.82, 2.24) is 35.0 Å². The average Bonchev–Trinajstić information content (AvgIpc) is 3.57. The fourth-order valence-corrected chi connectivity index (χ4v) is 8.00. The molecule has 0 atom stereocenters. The maximum Gasteiger partial charge on any atom is 2.00 e. The van der Waals surface area contributed by atoms with Gasteiger partial charge in [0.1, 0.15) is 17.3 Å². The van der Waals surface area contributed by atoms with Gasteiger partial charge in [-0.3, -0.25) is 48.4 Å². The van der Waals surface area contributed by atoms with Gasteiger partial charge >= 0.3 is 36.1 Å². The summed E-state index contributed by atoms with van der Waals surface area (Å²) in [5, 5.41) is 1.02. The number of aromatic nitrogens is 6. The summed E-state index contributed by atoms with van der Waals surface area (Å²) in [4.78, 5) is 53.7. The van der Waals surface area contributed by atoms with Crippen LogP contribution >= 0.6 is 0 Å². The molecule has 1 fully saturated rings. The molecule has 0 unspecified atom stereocenters. The molecule has 1 amide bonds. The Bertz CT molecular complexity index is 3220. The van der Waals surface area contributed by atoms with Crippen LogP contribution in [0.5, 0.6) is 0 Å². The van der Waals surface area contributed by atoms with Gasteiger partial charge in [-0.05, 0) is 139 Å². The van der Waals surface area contributed by atoms with Gasteiger partial charge in [-0.2, -0.15) is 25.3 Å². The standard InChI is InChI=1S/C20H21N3O3.C12H12N2O6S2.C12H12N2O3S.O3S.Ru/c1-14-8-10-21-17(12-14)18-13-16(9-11-22-18)4-3-5-20(25)26-23-15(2)6-7-19(23)24;15-21(16,17)7-9-1-3-13-11(5-9)12-6-10(2-4-14-12)8-22(18,19)20;1-9-2-4-13-11(6-9)12-7-10(3-5-14-12)8-18(15,16)17;1-4(2)3;/h8-13H,2-7H2,1H3;1-6H,7-8H2,(H,15,16,17)(H,18,19,20);2-7H,8H2,1H3,(H,15,16,17);;/q;;;;+2. The Kier molecular flexibility index (Phi) is 22.6. The van der Waals surface area contributed by atoms with Gasteiger partial charge in [-0.25, -0.2) is 4.79 Å². The van der Waals surface area contributed by atoms with Gasteiger partial charge in [0.2, 0.25) is 0 Å². The van der Waals surface area contributed by atoms with Crippen LogP contribution in [-0.2, 0) is 98.5 Å². The average molecular weight is 1140 g/mol. The van der Waals surface area contributed by atoms with E-state index in [2.05, 4.69) is 36.5 Å². The first-order valence-electron chi connectivity index (χ1n) is 20.3. The van der Waals surface area contributed by atoms with Crippen molar-refractivity contribution in [2.24, 2.45) is 0 Å². The molecule has 6 aromatic rings. The molecule has 0 saturated carbocycles. The molecule has 376 valence electrons. The fourth-order valence-electron chi connectivity index (χ4n) is 6.20. The number of amides is 1. The number of allylic oxidation sites excluding steroid dienone is 1. The van der Waals surface area contributed by atoms with E-state index in [0.29, 0.717) is 70.8 Å². The third-order valence-corrected chi connectivity index (χ3v) is 11.2. The van der Waals surface area contributed by atoms with E-state index >= 15 is 0 Å². The van der Waals surface area contributed by atoms with Gasteiger partial charge in [0, 0.05) is 50.0 Å². The minimum Gasteiger partial charge on any atom is -0.334 e. The van der Waals surface area contributed by atoms with Crippen molar-refractivity contribution in [2.75, 3.05) is 0 Å². The second-order valence-corrected chi connectivity index (χ2v) is 19.9. The molecule has 0 spiro atoms. The van der Waals surface area contributed by atoms with Crippen molar-refractivity contribution in [1.29, 1.82) is 0 Å². The van der Waals surface area contributed by atoms with E-state index in [-0.39, 0.29) is 31.8 Å². The number of carbonyl (C=O) groups excluding carboxylic acids is 2. The van der Waals surface area contributed by atoms with Crippen LogP contribution in [0.1, 0.15) is 59.1 Å². The van der Waals surface area contributed by atoms with Crippen molar-refractivity contribution < 1.29 is 85.4 Å². The molecule has 27 heteroatoms. The van der Waals surface area contributed by atoms with Crippen LogP contribution in [0, 0.1) is 13.8 Å². The molecule has 7 heterocycles. The van der Waals surface area contributed by atoms with Crippen LogP contribution in [-0.4, -0.2) is 98.4 Å². The summed E-state index contributed by atoms with van der Waals surface area (Å²) in [7, 11) is -15.5. The number of rotatable bonds is 14. The molecule has 1 aliphatic heterocycles.